The Morgan fingerprint density at radius 2 is 1.88 bits per heavy atom. The molecule has 0 fully saturated rings. The molecule has 0 saturated heterocycles. The first-order chi connectivity index (χ1) is 20.6. The van der Waals surface area contributed by atoms with Crippen LogP contribution in [0, 0.1) is 25.7 Å². The molecule has 2 aromatic heterocycles. The van der Waals surface area contributed by atoms with E-state index in [1.165, 1.54) is 7.11 Å². The van der Waals surface area contributed by atoms with Crippen LogP contribution in [0.5, 0.6) is 0 Å². The third-order valence-electron chi connectivity index (χ3n) is 9.54. The molecule has 2 aromatic rings. The fourth-order valence-electron chi connectivity index (χ4n) is 7.04. The number of fused-ring (bicyclic) bond motifs is 6. The average molecular weight is 581 g/mol. The molecule has 9 heteroatoms. The topological polar surface area (TPSA) is 126 Å². The van der Waals surface area contributed by atoms with Crippen LogP contribution in [0.4, 0.5) is 0 Å². The number of hydrogen-bond acceptors (Lipinski definition) is 7. The second-order valence-corrected chi connectivity index (χ2v) is 11.7. The summed E-state index contributed by atoms with van der Waals surface area (Å²) in [5.41, 5.74) is 8.91. The van der Waals surface area contributed by atoms with E-state index < -0.39 is 23.9 Å². The number of H-pyrrole nitrogens is 2. The molecule has 0 aliphatic carbocycles. The van der Waals surface area contributed by atoms with Gasteiger partial charge in [0, 0.05) is 45.7 Å². The molecule has 4 atom stereocenters. The van der Waals surface area contributed by atoms with Crippen molar-refractivity contribution < 1.29 is 23.9 Å². The Morgan fingerprint density at radius 3 is 2.58 bits per heavy atom. The second kappa shape index (κ2) is 10.6. The van der Waals surface area contributed by atoms with Crippen molar-refractivity contribution in [3.05, 3.63) is 67.8 Å². The average Bonchev–Trinajstić information content (AvgIpc) is 3.65. The van der Waals surface area contributed by atoms with Gasteiger partial charge in [0.05, 0.1) is 30.1 Å². The van der Waals surface area contributed by atoms with Gasteiger partial charge in [0.2, 0.25) is 0 Å². The molecule has 0 spiro atoms. The van der Waals surface area contributed by atoms with E-state index in [0.717, 1.165) is 56.5 Å². The first-order valence-electron chi connectivity index (χ1n) is 14.8. The predicted molar refractivity (Wildman–Crippen MR) is 166 cm³/mol. The van der Waals surface area contributed by atoms with Crippen molar-refractivity contribution in [2.75, 3.05) is 7.11 Å². The lowest BCUT2D eigenvalue weighted by atomic mass is 9.77. The van der Waals surface area contributed by atoms with Crippen LogP contribution in [0.15, 0.2) is 33.4 Å². The SMILES string of the molecule is C=Cc1c(C)c2[nH]c1=CC1=NC(=Cc3[nH]c4c(c3C)C(=O)OC(=O)C4C3N=C(C=2)[C@@H](C)[C@@H]3CCC(=O)OC)C(CC)=C1C. The molecule has 0 aromatic carbocycles. The van der Waals surface area contributed by atoms with Crippen molar-refractivity contribution in [2.45, 2.75) is 65.8 Å². The molecule has 9 nitrogen and oxygen atoms in total. The maximum absolute atomic E-state index is 13.5. The Morgan fingerprint density at radius 1 is 1.12 bits per heavy atom. The van der Waals surface area contributed by atoms with Crippen LogP contribution in [0.2, 0.25) is 0 Å². The summed E-state index contributed by atoms with van der Waals surface area (Å²) in [5, 5.41) is 1.79. The van der Waals surface area contributed by atoms with E-state index in [9.17, 15) is 14.4 Å². The molecule has 2 N–H and O–H groups in total. The number of aliphatic imine (C=N–C) groups is 2. The van der Waals surface area contributed by atoms with Gasteiger partial charge in [0.25, 0.3) is 0 Å². The van der Waals surface area contributed by atoms with Crippen molar-refractivity contribution in [3.63, 3.8) is 0 Å². The minimum atomic E-state index is -0.842. The number of carbonyl (C=O) groups is 3. The molecule has 0 radical (unpaired) electrons. The Hall–Kier alpha value is -4.53. The number of ether oxygens (including phenoxy) is 2. The minimum Gasteiger partial charge on any atom is -0.469 e. The van der Waals surface area contributed by atoms with E-state index in [0.29, 0.717) is 28.9 Å². The lowest BCUT2D eigenvalue weighted by Gasteiger charge is -2.29. The number of aromatic nitrogens is 2. The van der Waals surface area contributed by atoms with Crippen LogP contribution in [0.1, 0.15) is 84.4 Å². The smallest absolute Gasteiger partial charge is 0.347 e. The van der Waals surface area contributed by atoms with Gasteiger partial charge in [-0.2, -0.15) is 0 Å². The van der Waals surface area contributed by atoms with Gasteiger partial charge in [0.15, 0.2) is 0 Å². The highest BCUT2D eigenvalue weighted by Crippen LogP contribution is 2.44. The number of allylic oxidation sites excluding steroid dienone is 2. The highest BCUT2D eigenvalue weighted by Gasteiger charge is 2.49. The quantitative estimate of drug-likeness (QED) is 0.405. The zero-order valence-electron chi connectivity index (χ0n) is 25.4. The Bertz CT molecular complexity index is 1860. The van der Waals surface area contributed by atoms with Crippen LogP contribution in [0.3, 0.4) is 0 Å². The fourth-order valence-corrected chi connectivity index (χ4v) is 7.04. The Kier molecular flexibility index (Phi) is 7.07. The number of rotatable bonds is 5. The van der Waals surface area contributed by atoms with Gasteiger partial charge in [-0.3, -0.25) is 14.6 Å². The van der Waals surface area contributed by atoms with Crippen LogP contribution in [-0.2, 0) is 19.1 Å². The summed E-state index contributed by atoms with van der Waals surface area (Å²) in [6, 6.07) is -0.554. The molecular formula is C34H36N4O5. The van der Waals surface area contributed by atoms with Crippen molar-refractivity contribution in [2.24, 2.45) is 21.8 Å². The van der Waals surface area contributed by atoms with Crippen molar-refractivity contribution in [1.29, 1.82) is 0 Å². The lowest BCUT2D eigenvalue weighted by Crippen LogP contribution is -2.38. The molecule has 8 bridgehead atoms. The van der Waals surface area contributed by atoms with Crippen molar-refractivity contribution in [3.8, 4) is 0 Å². The monoisotopic (exact) mass is 580 g/mol. The van der Waals surface area contributed by atoms with Gasteiger partial charge in [-0.15, -0.1) is 0 Å². The number of methoxy groups -OCH3 is 1. The maximum atomic E-state index is 13.5. The summed E-state index contributed by atoms with van der Waals surface area (Å²) < 4.78 is 10.3. The normalized spacial score (nSPS) is 24.1. The fraction of sp³-hybridized carbons (Fsp3) is 0.382. The molecule has 4 aliphatic heterocycles. The number of nitrogens with one attached hydrogen (secondary N) is 2. The third-order valence-corrected chi connectivity index (χ3v) is 9.54. The van der Waals surface area contributed by atoms with Gasteiger partial charge in [-0.1, -0.05) is 26.5 Å². The Balaban J connectivity index is 1.65. The first-order valence-corrected chi connectivity index (χ1v) is 14.8. The number of esters is 3. The van der Waals surface area contributed by atoms with E-state index in [1.807, 2.05) is 32.1 Å². The summed E-state index contributed by atoms with van der Waals surface area (Å²) >= 11 is 0. The number of cyclic esters (lactones) is 2. The van der Waals surface area contributed by atoms with Gasteiger partial charge in [0.1, 0.15) is 5.92 Å². The van der Waals surface area contributed by atoms with Crippen LogP contribution >= 0.6 is 0 Å². The molecule has 43 heavy (non-hydrogen) atoms. The van der Waals surface area contributed by atoms with Gasteiger partial charge in [-0.05, 0) is 80.0 Å². The van der Waals surface area contributed by atoms with Crippen molar-refractivity contribution >= 4 is 53.6 Å². The maximum Gasteiger partial charge on any atom is 0.347 e. The van der Waals surface area contributed by atoms with Gasteiger partial charge < -0.3 is 19.4 Å². The third kappa shape index (κ3) is 4.49. The molecule has 2 unspecified atom stereocenters. The molecule has 4 aliphatic rings. The van der Waals surface area contributed by atoms with Crippen LogP contribution in [-0.4, -0.2) is 52.5 Å². The standard InChI is InChI=1S/C34H36N4O5/c1-8-19-15(3)22-12-24-17(5)21(10-11-28(39)42-7)31(37-24)30-32-29(33(40)43-34(30)41)18(6)25(38-32)14-27-20(9-2)16(4)23(36-27)13-26(19)35-22/h8,12-14,17,21,30-31,35,38H,1,9-11H2,2-7H3/t17-,21-,30?,31?/m0/s1. The zero-order chi connectivity index (χ0) is 30.7. The summed E-state index contributed by atoms with van der Waals surface area (Å²) in [4.78, 5) is 55.9. The molecule has 0 amide bonds. The number of carbonyl (C=O) groups excluding carboxylic acids is 3. The summed E-state index contributed by atoms with van der Waals surface area (Å²) in [7, 11) is 1.37. The van der Waals surface area contributed by atoms with E-state index >= 15 is 0 Å². The molecule has 222 valence electrons. The van der Waals surface area contributed by atoms with E-state index in [4.69, 9.17) is 19.5 Å². The van der Waals surface area contributed by atoms with E-state index in [2.05, 4.69) is 43.4 Å². The Labute approximate surface area is 249 Å². The molecule has 6 heterocycles. The first kappa shape index (κ1) is 28.6. The molecular weight excluding hydrogens is 544 g/mol. The summed E-state index contributed by atoms with van der Waals surface area (Å²) in [5.74, 6) is -2.74. The predicted octanol–water partition coefficient (Wildman–Crippen LogP) is 4.21. The zero-order valence-corrected chi connectivity index (χ0v) is 25.4. The highest BCUT2D eigenvalue weighted by molar-refractivity contribution is 6.23. The lowest BCUT2D eigenvalue weighted by molar-refractivity contribution is -0.141. The molecule has 6 rings (SSSR count). The van der Waals surface area contributed by atoms with Gasteiger partial charge >= 0.3 is 17.9 Å². The largest absolute Gasteiger partial charge is 0.469 e. The van der Waals surface area contributed by atoms with Crippen molar-refractivity contribution in [1.82, 2.24) is 9.97 Å². The highest BCUT2D eigenvalue weighted by atomic mass is 16.6. The number of aromatic amines is 2. The molecule has 0 saturated carbocycles. The summed E-state index contributed by atoms with van der Waals surface area (Å²) in [6.07, 6.45) is 9.30. The van der Waals surface area contributed by atoms with Crippen LogP contribution < -0.4 is 10.7 Å². The number of nitrogens with zero attached hydrogens (tertiary/aromatic N) is 2. The van der Waals surface area contributed by atoms with E-state index in [1.54, 1.807) is 0 Å². The van der Waals surface area contributed by atoms with E-state index in [-0.39, 0.29) is 24.2 Å². The minimum absolute atomic E-state index is 0.0862. The summed E-state index contributed by atoms with van der Waals surface area (Å²) in [6.45, 7) is 14.2. The van der Waals surface area contributed by atoms with Crippen LogP contribution in [0.25, 0.3) is 24.3 Å². The number of hydrogen-bond donors (Lipinski definition) is 2. The second-order valence-electron chi connectivity index (χ2n) is 11.7. The van der Waals surface area contributed by atoms with Gasteiger partial charge in [-0.25, -0.2) is 9.79 Å².